The van der Waals surface area contributed by atoms with Gasteiger partial charge in [0.25, 0.3) is 0 Å². The summed E-state index contributed by atoms with van der Waals surface area (Å²) >= 11 is 0. The van der Waals surface area contributed by atoms with E-state index in [-0.39, 0.29) is 0 Å². The van der Waals surface area contributed by atoms with Gasteiger partial charge in [-0.2, -0.15) is 0 Å². The maximum absolute atomic E-state index is 4.59. The molecule has 1 N–H and O–H groups in total. The highest BCUT2D eigenvalue weighted by molar-refractivity contribution is 5.79. The van der Waals surface area contributed by atoms with Gasteiger partial charge in [0.15, 0.2) is 0 Å². The second-order valence-corrected chi connectivity index (χ2v) is 3.95. The average molecular weight is 212 g/mol. The molecule has 2 nitrogen and oxygen atoms in total. The normalized spacial score (nSPS) is 12.0. The summed E-state index contributed by atoms with van der Waals surface area (Å²) in [6.45, 7) is 3.00. The Morgan fingerprint density at radius 2 is 2.06 bits per heavy atom. The lowest BCUT2D eigenvalue weighted by atomic mass is 10.1. The van der Waals surface area contributed by atoms with Crippen molar-refractivity contribution in [1.82, 2.24) is 10.3 Å². The standard InChI is InChI=1S/C14H16N2/c1-11(10-15-2)9-13-8-7-12-5-3-4-6-14(12)16-13/h3-9,15H,10H2,1-2H3. The van der Waals surface area contributed by atoms with Gasteiger partial charge in [0.1, 0.15) is 0 Å². The number of likely N-dealkylation sites (N-methyl/N-ethyl adjacent to an activating group) is 1. The van der Waals surface area contributed by atoms with Gasteiger partial charge in [-0.1, -0.05) is 29.8 Å². The predicted molar refractivity (Wildman–Crippen MR) is 69.3 cm³/mol. The Labute approximate surface area is 96.0 Å². The van der Waals surface area contributed by atoms with Crippen LogP contribution in [0, 0.1) is 0 Å². The quantitative estimate of drug-likeness (QED) is 0.846. The van der Waals surface area contributed by atoms with Crippen LogP contribution in [0.2, 0.25) is 0 Å². The Morgan fingerprint density at radius 3 is 2.88 bits per heavy atom. The highest BCUT2D eigenvalue weighted by Crippen LogP contribution is 2.13. The first kappa shape index (κ1) is 10.8. The van der Waals surface area contributed by atoms with Gasteiger partial charge in [0.05, 0.1) is 11.2 Å². The minimum Gasteiger partial charge on any atom is -0.316 e. The maximum Gasteiger partial charge on any atom is 0.0709 e. The summed E-state index contributed by atoms with van der Waals surface area (Å²) in [5.74, 6) is 0. The summed E-state index contributed by atoms with van der Waals surface area (Å²) < 4.78 is 0. The first-order chi connectivity index (χ1) is 7.79. The topological polar surface area (TPSA) is 24.9 Å². The molecule has 0 atom stereocenters. The summed E-state index contributed by atoms with van der Waals surface area (Å²) in [7, 11) is 1.95. The fourth-order valence-electron chi connectivity index (χ4n) is 1.74. The van der Waals surface area contributed by atoms with Crippen LogP contribution in [0.4, 0.5) is 0 Å². The fourth-order valence-corrected chi connectivity index (χ4v) is 1.74. The van der Waals surface area contributed by atoms with Crippen LogP contribution in [0.25, 0.3) is 17.0 Å². The second kappa shape index (κ2) is 4.90. The van der Waals surface area contributed by atoms with Gasteiger partial charge in [0, 0.05) is 11.9 Å². The Kier molecular flexibility index (Phi) is 3.32. The summed E-state index contributed by atoms with van der Waals surface area (Å²) in [6.07, 6.45) is 2.11. The van der Waals surface area contributed by atoms with Crippen LogP contribution in [-0.2, 0) is 0 Å². The Hall–Kier alpha value is -1.67. The molecule has 1 aromatic heterocycles. The highest BCUT2D eigenvalue weighted by Gasteiger charge is 1.95. The molecule has 2 rings (SSSR count). The van der Waals surface area contributed by atoms with E-state index in [2.05, 4.69) is 41.5 Å². The molecule has 2 heteroatoms. The van der Waals surface area contributed by atoms with E-state index in [0.29, 0.717) is 0 Å². The average Bonchev–Trinajstić information content (AvgIpc) is 2.29. The Balaban J connectivity index is 2.36. The molecule has 0 amide bonds. The van der Waals surface area contributed by atoms with Crippen LogP contribution in [0.15, 0.2) is 42.0 Å². The van der Waals surface area contributed by atoms with Crippen LogP contribution in [0.5, 0.6) is 0 Å². The molecule has 82 valence electrons. The lowest BCUT2D eigenvalue weighted by Gasteiger charge is -2.01. The fraction of sp³-hybridized carbons (Fsp3) is 0.214. The number of aromatic nitrogens is 1. The third-order valence-corrected chi connectivity index (χ3v) is 2.47. The largest absolute Gasteiger partial charge is 0.316 e. The smallest absolute Gasteiger partial charge is 0.0709 e. The molecule has 16 heavy (non-hydrogen) atoms. The van der Waals surface area contributed by atoms with Crippen molar-refractivity contribution in [2.75, 3.05) is 13.6 Å². The highest BCUT2D eigenvalue weighted by atomic mass is 14.8. The zero-order chi connectivity index (χ0) is 11.4. The van der Waals surface area contributed by atoms with Crippen molar-refractivity contribution in [2.45, 2.75) is 6.92 Å². The number of rotatable bonds is 3. The first-order valence-corrected chi connectivity index (χ1v) is 5.47. The number of nitrogens with one attached hydrogen (secondary N) is 1. The van der Waals surface area contributed by atoms with Gasteiger partial charge >= 0.3 is 0 Å². The van der Waals surface area contributed by atoms with Crippen molar-refractivity contribution in [2.24, 2.45) is 0 Å². The number of fused-ring (bicyclic) bond motifs is 1. The van der Waals surface area contributed by atoms with E-state index in [1.54, 1.807) is 0 Å². The number of benzene rings is 1. The van der Waals surface area contributed by atoms with E-state index in [4.69, 9.17) is 0 Å². The molecule has 0 aliphatic rings. The van der Waals surface area contributed by atoms with E-state index < -0.39 is 0 Å². The van der Waals surface area contributed by atoms with E-state index >= 15 is 0 Å². The van der Waals surface area contributed by atoms with Crippen molar-refractivity contribution in [3.63, 3.8) is 0 Å². The Bertz CT molecular complexity index is 515. The van der Waals surface area contributed by atoms with Gasteiger partial charge in [-0.25, -0.2) is 4.98 Å². The summed E-state index contributed by atoms with van der Waals surface area (Å²) in [5, 5.41) is 4.31. The number of hydrogen-bond acceptors (Lipinski definition) is 2. The third-order valence-electron chi connectivity index (χ3n) is 2.47. The second-order valence-electron chi connectivity index (χ2n) is 3.95. The zero-order valence-corrected chi connectivity index (χ0v) is 9.70. The minimum absolute atomic E-state index is 0.897. The molecule has 2 aromatic rings. The molecule has 0 saturated heterocycles. The predicted octanol–water partition coefficient (Wildman–Crippen LogP) is 2.86. The molecule has 1 aromatic carbocycles. The number of pyridine rings is 1. The molecule has 0 bridgehead atoms. The summed E-state index contributed by atoms with van der Waals surface area (Å²) in [5.41, 5.74) is 3.35. The third kappa shape index (κ3) is 2.47. The summed E-state index contributed by atoms with van der Waals surface area (Å²) in [6, 6.07) is 12.3. The van der Waals surface area contributed by atoms with Crippen LogP contribution >= 0.6 is 0 Å². The monoisotopic (exact) mass is 212 g/mol. The Morgan fingerprint density at radius 1 is 1.25 bits per heavy atom. The molecular weight excluding hydrogens is 196 g/mol. The molecule has 0 saturated carbocycles. The molecule has 0 unspecified atom stereocenters. The van der Waals surface area contributed by atoms with E-state index in [1.165, 1.54) is 11.0 Å². The van der Waals surface area contributed by atoms with Crippen LogP contribution in [0.1, 0.15) is 12.6 Å². The van der Waals surface area contributed by atoms with Gasteiger partial charge in [-0.3, -0.25) is 0 Å². The maximum atomic E-state index is 4.59. The molecule has 0 spiro atoms. The number of nitrogens with zero attached hydrogens (tertiary/aromatic N) is 1. The molecule has 1 heterocycles. The van der Waals surface area contributed by atoms with Crippen molar-refractivity contribution < 1.29 is 0 Å². The lowest BCUT2D eigenvalue weighted by molar-refractivity contribution is 0.884. The molecular formula is C14H16N2. The minimum atomic E-state index is 0.897. The van der Waals surface area contributed by atoms with Gasteiger partial charge in [-0.05, 0) is 32.2 Å². The van der Waals surface area contributed by atoms with Gasteiger partial charge < -0.3 is 5.32 Å². The molecule has 0 aliphatic heterocycles. The molecule has 0 radical (unpaired) electrons. The van der Waals surface area contributed by atoms with Crippen molar-refractivity contribution in [1.29, 1.82) is 0 Å². The molecule has 0 aliphatic carbocycles. The summed E-state index contributed by atoms with van der Waals surface area (Å²) in [4.78, 5) is 4.59. The van der Waals surface area contributed by atoms with Crippen molar-refractivity contribution in [3.8, 4) is 0 Å². The first-order valence-electron chi connectivity index (χ1n) is 5.47. The number of hydrogen-bond donors (Lipinski definition) is 1. The van der Waals surface area contributed by atoms with Crippen LogP contribution < -0.4 is 5.32 Å². The SMILES string of the molecule is CNCC(C)=Cc1ccc2ccccc2n1. The van der Waals surface area contributed by atoms with Gasteiger partial charge in [0.2, 0.25) is 0 Å². The van der Waals surface area contributed by atoms with Crippen molar-refractivity contribution >= 4 is 17.0 Å². The zero-order valence-electron chi connectivity index (χ0n) is 9.70. The van der Waals surface area contributed by atoms with Crippen LogP contribution in [-0.4, -0.2) is 18.6 Å². The van der Waals surface area contributed by atoms with E-state index in [9.17, 15) is 0 Å². The lowest BCUT2D eigenvalue weighted by Crippen LogP contribution is -2.08. The van der Waals surface area contributed by atoms with Crippen molar-refractivity contribution in [3.05, 3.63) is 47.7 Å². The number of para-hydroxylation sites is 1. The van der Waals surface area contributed by atoms with E-state index in [0.717, 1.165) is 17.8 Å². The van der Waals surface area contributed by atoms with E-state index in [1.807, 2.05) is 25.2 Å². The molecule has 0 fully saturated rings. The van der Waals surface area contributed by atoms with Crippen LogP contribution in [0.3, 0.4) is 0 Å². The van der Waals surface area contributed by atoms with Gasteiger partial charge in [-0.15, -0.1) is 0 Å².